The second-order valence-electron chi connectivity index (χ2n) is 26.6. The molecule has 0 amide bonds. The Morgan fingerprint density at radius 1 is 0.337 bits per heavy atom. The summed E-state index contributed by atoms with van der Waals surface area (Å²) >= 11 is 0. The van der Waals surface area contributed by atoms with Crippen molar-refractivity contribution in [2.45, 2.75) is 418 Å². The molecule has 0 bridgehead atoms. The number of ether oxygens (including phenoxy) is 2. The van der Waals surface area contributed by atoms with Crippen LogP contribution in [-0.2, 0) is 32.7 Å². The van der Waals surface area contributed by atoms with E-state index in [9.17, 15) is 19.0 Å². The maximum Gasteiger partial charge on any atom is 0.472 e. The third-order valence-corrected chi connectivity index (χ3v) is 18.7. The minimum absolute atomic E-state index is 0.0559. The van der Waals surface area contributed by atoms with Crippen LogP contribution in [0.3, 0.4) is 0 Å². The minimum atomic E-state index is -4.39. The lowest BCUT2D eigenvalue weighted by molar-refractivity contribution is -0.161. The molecule has 0 spiro atoms. The highest BCUT2D eigenvalue weighted by Crippen LogP contribution is 2.43. The van der Waals surface area contributed by atoms with Crippen LogP contribution in [0, 0.1) is 0 Å². The molecule has 0 aromatic carbocycles. The van der Waals surface area contributed by atoms with Crippen molar-refractivity contribution in [3.8, 4) is 0 Å². The molecule has 2 unspecified atom stereocenters. The Labute approximate surface area is 553 Å². The van der Waals surface area contributed by atoms with Crippen molar-refractivity contribution in [3.63, 3.8) is 0 Å². The van der Waals surface area contributed by atoms with Crippen LogP contribution >= 0.6 is 7.82 Å². The molecule has 0 saturated carbocycles. The molecule has 2 atom stereocenters. The zero-order chi connectivity index (χ0) is 64.4. The third-order valence-electron chi connectivity index (χ3n) is 17.7. The number of phosphoric ester groups is 1. The lowest BCUT2D eigenvalue weighted by atomic mass is 10.0. The monoisotopic (exact) mass is 1270 g/mol. The van der Waals surface area contributed by atoms with E-state index in [0.29, 0.717) is 6.42 Å². The van der Waals surface area contributed by atoms with Crippen LogP contribution in [0.15, 0.2) is 48.6 Å². The molecule has 0 saturated heterocycles. The smallest absolute Gasteiger partial charge is 0.462 e. The molecule has 0 heterocycles. The largest absolute Gasteiger partial charge is 0.472 e. The van der Waals surface area contributed by atoms with Gasteiger partial charge in [-0.05, 0) is 77.0 Å². The molecule has 0 fully saturated rings. The fourth-order valence-corrected chi connectivity index (χ4v) is 12.6. The van der Waals surface area contributed by atoms with Gasteiger partial charge in [0.05, 0.1) is 13.2 Å². The van der Waals surface area contributed by atoms with Crippen molar-refractivity contribution in [3.05, 3.63) is 48.6 Å². The van der Waals surface area contributed by atoms with Gasteiger partial charge in [0.15, 0.2) is 6.10 Å². The molecular formula is C79H150NO8P. The van der Waals surface area contributed by atoms with Gasteiger partial charge in [-0.1, -0.05) is 371 Å². The summed E-state index contributed by atoms with van der Waals surface area (Å²) in [5.74, 6) is -0.803. The number of phosphoric acid groups is 1. The third kappa shape index (κ3) is 74.9. The van der Waals surface area contributed by atoms with E-state index in [2.05, 4.69) is 62.5 Å². The summed E-state index contributed by atoms with van der Waals surface area (Å²) in [4.78, 5) is 35.4. The van der Waals surface area contributed by atoms with Crippen LogP contribution in [0.25, 0.3) is 0 Å². The first-order valence-electron chi connectivity index (χ1n) is 39.1. The standard InChI is InChI=1S/C79H150NO8P/c1-3-5-7-9-11-13-15-17-19-21-23-25-27-29-31-33-35-36-37-38-39-40-42-44-46-48-50-52-54-56-58-60-62-64-66-68-70-72-79(82)88-77(76-87-89(83,84)86-74-73-80)75-85-78(81)71-69-67-65-63-61-59-57-55-53-51-49-47-45-43-41-34-32-30-28-26-24-22-20-18-16-14-12-10-8-6-4-2/h15,17,21-24,27,29,77H,3-14,16,18-20,25-26,28,30-76,80H2,1-2H3,(H,83,84)/b17-15-,23-21-,24-22-,29-27-. The molecule has 0 aromatic heterocycles. The molecule has 0 radical (unpaired) electrons. The fraction of sp³-hybridized carbons (Fsp3) is 0.873. The molecule has 0 aromatic rings. The lowest BCUT2D eigenvalue weighted by Crippen LogP contribution is -2.29. The summed E-state index contributed by atoms with van der Waals surface area (Å²) in [5, 5.41) is 0. The van der Waals surface area contributed by atoms with Crippen LogP contribution < -0.4 is 5.73 Å². The predicted octanol–water partition coefficient (Wildman–Crippen LogP) is 26.0. The topological polar surface area (TPSA) is 134 Å². The maximum atomic E-state index is 12.8. The van der Waals surface area contributed by atoms with Gasteiger partial charge in [0, 0.05) is 19.4 Å². The molecule has 3 N–H and O–H groups in total. The first kappa shape index (κ1) is 87.0. The fourth-order valence-electron chi connectivity index (χ4n) is 11.9. The Hall–Kier alpha value is -2.03. The minimum Gasteiger partial charge on any atom is -0.462 e. The van der Waals surface area contributed by atoms with E-state index >= 15 is 0 Å². The number of carbonyl (C=O) groups excluding carboxylic acids is 2. The number of hydrogen-bond acceptors (Lipinski definition) is 8. The van der Waals surface area contributed by atoms with Gasteiger partial charge >= 0.3 is 19.8 Å². The van der Waals surface area contributed by atoms with E-state index < -0.39 is 26.5 Å². The second-order valence-corrected chi connectivity index (χ2v) is 28.0. The number of esters is 2. The molecular weight excluding hydrogens is 1120 g/mol. The SMILES string of the molecule is CCCCCCC/C=C\C/C=C\C/C=C\CCCCCCCCCCCCCCCCCCCCCCCCC(=O)OC(COC(=O)CCCCCCCCCCCCCCCCCCCCC/C=C\CCCCCCCCCC)COP(=O)(O)OCCN. The summed E-state index contributed by atoms with van der Waals surface area (Å²) in [6.07, 6.45) is 96.7. The maximum absolute atomic E-state index is 12.8. The van der Waals surface area contributed by atoms with Crippen LogP contribution in [0.5, 0.6) is 0 Å². The average Bonchev–Trinajstić information content (AvgIpc) is 3.68. The Balaban J connectivity index is 3.77. The normalized spacial score (nSPS) is 13.1. The number of unbranched alkanes of at least 4 members (excludes halogenated alkanes) is 54. The number of nitrogens with two attached hydrogens (primary N) is 1. The van der Waals surface area contributed by atoms with Crippen molar-refractivity contribution in [2.24, 2.45) is 5.73 Å². The van der Waals surface area contributed by atoms with Gasteiger partial charge in [-0.3, -0.25) is 18.6 Å². The second kappa shape index (κ2) is 75.0. The Kier molecular flexibility index (Phi) is 73.3. The zero-order valence-electron chi connectivity index (χ0n) is 59.2. The molecule has 9 nitrogen and oxygen atoms in total. The van der Waals surface area contributed by atoms with Gasteiger partial charge in [0.25, 0.3) is 0 Å². The van der Waals surface area contributed by atoms with Crippen molar-refractivity contribution in [1.82, 2.24) is 0 Å². The highest BCUT2D eigenvalue weighted by atomic mass is 31.2. The van der Waals surface area contributed by atoms with Gasteiger partial charge in [-0.2, -0.15) is 0 Å². The molecule has 89 heavy (non-hydrogen) atoms. The first-order valence-corrected chi connectivity index (χ1v) is 40.6. The summed E-state index contributed by atoms with van der Waals surface area (Å²) < 4.78 is 33.3. The van der Waals surface area contributed by atoms with E-state index in [1.807, 2.05) is 0 Å². The predicted molar refractivity (Wildman–Crippen MR) is 386 cm³/mol. The highest BCUT2D eigenvalue weighted by molar-refractivity contribution is 7.47. The zero-order valence-corrected chi connectivity index (χ0v) is 60.1. The van der Waals surface area contributed by atoms with E-state index in [0.717, 1.165) is 44.9 Å². The van der Waals surface area contributed by atoms with Crippen molar-refractivity contribution >= 4 is 19.8 Å². The molecule has 10 heteroatoms. The van der Waals surface area contributed by atoms with Crippen LogP contribution in [0.2, 0.25) is 0 Å². The lowest BCUT2D eigenvalue weighted by Gasteiger charge is -2.19. The highest BCUT2D eigenvalue weighted by Gasteiger charge is 2.26. The van der Waals surface area contributed by atoms with E-state index in [1.54, 1.807) is 0 Å². The molecule has 0 aliphatic rings. The molecule has 524 valence electrons. The summed E-state index contributed by atoms with van der Waals surface area (Å²) in [5.41, 5.74) is 5.41. The summed E-state index contributed by atoms with van der Waals surface area (Å²) in [7, 11) is -4.39. The van der Waals surface area contributed by atoms with Crippen molar-refractivity contribution < 1.29 is 37.6 Å². The van der Waals surface area contributed by atoms with Crippen molar-refractivity contribution in [1.29, 1.82) is 0 Å². The van der Waals surface area contributed by atoms with Gasteiger partial charge in [0.1, 0.15) is 6.61 Å². The number of allylic oxidation sites excluding steroid dienone is 8. The molecule has 0 aliphatic carbocycles. The van der Waals surface area contributed by atoms with Gasteiger partial charge in [0.2, 0.25) is 0 Å². The van der Waals surface area contributed by atoms with Crippen LogP contribution in [0.1, 0.15) is 412 Å². The Morgan fingerprint density at radius 3 is 0.876 bits per heavy atom. The summed E-state index contributed by atoms with van der Waals surface area (Å²) in [6, 6.07) is 0. The van der Waals surface area contributed by atoms with Crippen LogP contribution in [-0.4, -0.2) is 49.3 Å². The average molecular weight is 1270 g/mol. The van der Waals surface area contributed by atoms with Gasteiger partial charge in [-0.15, -0.1) is 0 Å². The number of hydrogen-bond donors (Lipinski definition) is 2. The van der Waals surface area contributed by atoms with E-state index in [4.69, 9.17) is 24.3 Å². The van der Waals surface area contributed by atoms with Crippen LogP contribution in [0.4, 0.5) is 0 Å². The first-order chi connectivity index (χ1) is 43.8. The molecule has 0 aliphatic heterocycles. The van der Waals surface area contributed by atoms with Crippen molar-refractivity contribution in [2.75, 3.05) is 26.4 Å². The number of carbonyl (C=O) groups is 2. The Morgan fingerprint density at radius 2 is 0.584 bits per heavy atom. The molecule has 0 rings (SSSR count). The number of rotatable bonds is 75. The van der Waals surface area contributed by atoms with Gasteiger partial charge in [-0.25, -0.2) is 4.57 Å². The Bertz CT molecular complexity index is 1600. The summed E-state index contributed by atoms with van der Waals surface area (Å²) in [6.45, 7) is 3.81. The van der Waals surface area contributed by atoms with Gasteiger partial charge < -0.3 is 20.1 Å². The van der Waals surface area contributed by atoms with E-state index in [-0.39, 0.29) is 38.6 Å². The quantitative estimate of drug-likeness (QED) is 0.0264. The van der Waals surface area contributed by atoms with E-state index in [1.165, 1.54) is 334 Å².